The molecule has 0 unspecified atom stereocenters. The molecule has 95 heavy (non-hydrogen) atoms. The first-order valence-electron chi connectivity index (χ1n) is 30.4. The normalized spacial score (nSPS) is 13.0. The van der Waals surface area contributed by atoms with Gasteiger partial charge in [0.1, 0.15) is 53.6 Å². The molecule has 0 aromatic heterocycles. The second-order valence-corrected chi connectivity index (χ2v) is 27.7. The molecule has 0 amide bonds. The van der Waals surface area contributed by atoms with Gasteiger partial charge in [-0.2, -0.15) is 0 Å². The van der Waals surface area contributed by atoms with Crippen LogP contribution < -0.4 is 9.80 Å². The average molecular weight is 1470 g/mol. The van der Waals surface area contributed by atoms with Crippen LogP contribution in [0.1, 0.15) is 72.2 Å². The molecule has 16 nitrogen and oxygen atoms in total. The fraction of sp³-hybridized carbons (Fsp3) is 0.162. The van der Waals surface area contributed by atoms with E-state index in [9.17, 15) is 51.9 Å². The minimum atomic E-state index is -4.53. The van der Waals surface area contributed by atoms with Crippen molar-refractivity contribution in [2.75, 3.05) is 36.0 Å². The smallest absolute Gasteiger partial charge is 0.744 e. The van der Waals surface area contributed by atoms with Crippen molar-refractivity contribution in [2.45, 2.75) is 73.5 Å². The summed E-state index contributed by atoms with van der Waals surface area (Å²) in [4.78, 5) is 3.28. The number of anilines is 2. The molecule has 2 aliphatic rings. The van der Waals surface area contributed by atoms with Crippen molar-refractivity contribution in [3.8, 4) is 0 Å². The van der Waals surface area contributed by atoms with E-state index in [-0.39, 0.29) is 68.5 Å². The molecule has 10 rings (SSSR count). The Labute approximate surface area is 598 Å². The van der Waals surface area contributed by atoms with Crippen LogP contribution in [0.5, 0.6) is 0 Å². The molecule has 0 saturated carbocycles. The third-order valence-electron chi connectivity index (χ3n) is 16.0. The topological polar surface area (TPSA) is 241 Å². The fourth-order valence-electron chi connectivity index (χ4n) is 11.2. The van der Waals surface area contributed by atoms with Gasteiger partial charge in [-0.1, -0.05) is 133 Å². The number of benzene rings is 8. The summed E-state index contributed by atoms with van der Waals surface area (Å²) >= 11 is 0. The predicted octanol–water partition coefficient (Wildman–Crippen LogP) is 11.9. The van der Waals surface area contributed by atoms with Crippen molar-refractivity contribution < 1.29 is 61.0 Å². The minimum Gasteiger partial charge on any atom is -0.744 e. The minimum absolute atomic E-state index is 0. The van der Waals surface area contributed by atoms with Crippen molar-refractivity contribution in [3.63, 3.8) is 0 Å². The maximum Gasteiger partial charge on any atom is 2.00 e. The van der Waals surface area contributed by atoms with Crippen LogP contribution in [0, 0.1) is 0 Å². The Morgan fingerprint density at radius 1 is 0.337 bits per heavy atom. The van der Waals surface area contributed by atoms with E-state index in [2.05, 4.69) is 91.8 Å². The first-order chi connectivity index (χ1) is 44.9. The van der Waals surface area contributed by atoms with Crippen LogP contribution in [0.25, 0.3) is 11.1 Å². The molecule has 0 saturated heterocycles. The molecule has 484 valence electrons. The van der Waals surface area contributed by atoms with E-state index in [1.165, 1.54) is 48.5 Å². The van der Waals surface area contributed by atoms with Gasteiger partial charge >= 0.3 is 48.9 Å². The van der Waals surface area contributed by atoms with Crippen LogP contribution in [0.2, 0.25) is 0 Å². The second kappa shape index (κ2) is 32.9. The Hall–Kier alpha value is -7.65. The van der Waals surface area contributed by atoms with Gasteiger partial charge in [-0.3, -0.25) is 0 Å². The van der Waals surface area contributed by atoms with Crippen molar-refractivity contribution in [1.29, 1.82) is 0 Å². The Morgan fingerprint density at radius 2 is 0.611 bits per heavy atom. The summed E-state index contributed by atoms with van der Waals surface area (Å²) in [5, 5.41) is 0. The van der Waals surface area contributed by atoms with Crippen molar-refractivity contribution in [2.24, 2.45) is 0 Å². The first kappa shape index (κ1) is 73.2. The standard InChI is InChI=1S/2C37H36N2O6S2.Ba/c2*1-3-38(26-28-10-8-14-35(24-28)46(40,41)42)33-20-16-31(17-21-33)37(30-12-6-5-7-13-30)32-18-22-34(23-19-32)39(4-2)27-29-11-9-15-36(25-29)47(43,44)45;/h2*5-25H,3-4,26-27H2,1-2H3,(H-,40,41,42,43,44,45);/q;;+2/p-2. The van der Waals surface area contributed by atoms with Crippen molar-refractivity contribution in [1.82, 2.24) is 0 Å². The monoisotopic (exact) mass is 1470 g/mol. The SMILES string of the molecule is CCN(Cc1cccc(S(=O)(=O)[O-])c1)c1ccc(C(=C2C=CC(=[N+](CC)Cc3cccc(S(=O)(=O)[O-])c3)C=C2)c2ccccc2)cc1.CCN(Cc1cccc(S(=O)(=O)[O-])c1)c1ccc(C(=C2C=CC(=[N+](CC)Cc3cccc(S(=O)(=O)[O-])c3)C=C2)c2ccccc2)cc1.[Ba+2]. The van der Waals surface area contributed by atoms with Crippen LogP contribution in [0.3, 0.4) is 0 Å². The van der Waals surface area contributed by atoms with Gasteiger partial charge in [0, 0.05) is 73.0 Å². The zero-order chi connectivity index (χ0) is 67.2. The summed E-state index contributed by atoms with van der Waals surface area (Å²) in [6, 6.07) is 61.2. The molecule has 8 aromatic carbocycles. The predicted molar refractivity (Wildman–Crippen MR) is 370 cm³/mol. The van der Waals surface area contributed by atoms with Crippen LogP contribution >= 0.6 is 0 Å². The van der Waals surface area contributed by atoms with Gasteiger partial charge in [0.2, 0.25) is 0 Å². The molecular weight excluding hydrogens is 1400 g/mol. The van der Waals surface area contributed by atoms with Crippen molar-refractivity contribution in [3.05, 3.63) is 311 Å². The molecule has 21 heteroatoms. The van der Waals surface area contributed by atoms with Crippen LogP contribution in [0.4, 0.5) is 11.4 Å². The molecule has 0 heterocycles. The summed E-state index contributed by atoms with van der Waals surface area (Å²) < 4.78 is 143. The van der Waals surface area contributed by atoms with E-state index in [4.69, 9.17) is 0 Å². The maximum atomic E-state index is 11.5. The van der Waals surface area contributed by atoms with E-state index >= 15 is 0 Å². The van der Waals surface area contributed by atoms with E-state index in [1.54, 1.807) is 24.3 Å². The van der Waals surface area contributed by atoms with Gasteiger partial charge < -0.3 is 28.0 Å². The largest absolute Gasteiger partial charge is 2.00 e. The van der Waals surface area contributed by atoms with Gasteiger partial charge in [-0.05, 0) is 180 Å². The quantitative estimate of drug-likeness (QED) is 0.0348. The van der Waals surface area contributed by atoms with Gasteiger partial charge in [0.25, 0.3) is 0 Å². The van der Waals surface area contributed by atoms with Crippen LogP contribution in [0.15, 0.2) is 286 Å². The summed E-state index contributed by atoms with van der Waals surface area (Å²) in [5.41, 5.74) is 15.1. The number of nitrogens with zero attached hydrogens (tertiary/aromatic N) is 4. The van der Waals surface area contributed by atoms with Gasteiger partial charge in [0.05, 0.1) is 19.6 Å². The number of hydrogen-bond acceptors (Lipinski definition) is 14. The summed E-state index contributed by atoms with van der Waals surface area (Å²) in [5.74, 6) is 0. The molecule has 0 fully saturated rings. The Balaban J connectivity index is 0.000000241. The average Bonchev–Trinajstić information content (AvgIpc) is 0.842. The first-order valence-corrected chi connectivity index (χ1v) is 36.0. The maximum absolute atomic E-state index is 11.5. The van der Waals surface area contributed by atoms with Gasteiger partial charge in [0.15, 0.2) is 24.5 Å². The Morgan fingerprint density at radius 3 is 0.884 bits per heavy atom. The molecule has 8 aromatic rings. The molecule has 0 bridgehead atoms. The molecule has 0 atom stereocenters. The van der Waals surface area contributed by atoms with Crippen molar-refractivity contribution >= 4 is 123 Å². The molecular formula is C74H70BaN4O12S4. The number of hydrogen-bond donors (Lipinski definition) is 0. The van der Waals surface area contributed by atoms with E-state index in [1.807, 2.05) is 137 Å². The molecule has 0 radical (unpaired) electrons. The number of rotatable bonds is 22. The van der Waals surface area contributed by atoms with E-state index in [0.717, 1.165) is 89.6 Å². The number of allylic oxidation sites excluding steroid dienone is 10. The third-order valence-corrected chi connectivity index (χ3v) is 19.3. The zero-order valence-electron chi connectivity index (χ0n) is 52.9. The molecule has 0 aliphatic heterocycles. The fourth-order valence-corrected chi connectivity index (χ4v) is 13.4. The Bertz CT molecular complexity index is 4480. The third kappa shape index (κ3) is 19.8. The van der Waals surface area contributed by atoms with E-state index < -0.39 is 40.5 Å². The van der Waals surface area contributed by atoms with Gasteiger partial charge in [-0.15, -0.1) is 0 Å². The molecule has 2 aliphatic carbocycles. The summed E-state index contributed by atoms with van der Waals surface area (Å²) in [7, 11) is -18.1. The van der Waals surface area contributed by atoms with Gasteiger partial charge in [-0.25, -0.2) is 42.8 Å². The summed E-state index contributed by atoms with van der Waals surface area (Å²) in [6.45, 7) is 12.6. The van der Waals surface area contributed by atoms with E-state index in [0.29, 0.717) is 52.4 Å². The zero-order valence-corrected chi connectivity index (χ0v) is 60.6. The molecule has 0 spiro atoms. The molecule has 0 N–H and O–H groups in total. The Kier molecular flexibility index (Phi) is 25.3. The van der Waals surface area contributed by atoms with Crippen LogP contribution in [-0.2, 0) is 66.7 Å². The summed E-state index contributed by atoms with van der Waals surface area (Å²) in [6.07, 6.45) is 16.5. The van der Waals surface area contributed by atoms with Crippen LogP contribution in [-0.4, -0.2) is 148 Å². The second-order valence-electron chi connectivity index (χ2n) is 22.1.